The van der Waals surface area contributed by atoms with E-state index in [4.69, 9.17) is 21.7 Å². The quantitative estimate of drug-likeness (QED) is 0.616. The van der Waals surface area contributed by atoms with E-state index in [9.17, 15) is 4.79 Å². The second kappa shape index (κ2) is 7.02. The van der Waals surface area contributed by atoms with Gasteiger partial charge in [-0.25, -0.2) is 0 Å². The Kier molecular flexibility index (Phi) is 4.82. The van der Waals surface area contributed by atoms with Gasteiger partial charge in [0.15, 0.2) is 4.32 Å². The first-order chi connectivity index (χ1) is 11.6. The molecule has 0 spiro atoms. The molecule has 1 fully saturated rings. The Morgan fingerprint density at radius 1 is 1.17 bits per heavy atom. The lowest BCUT2D eigenvalue weighted by Gasteiger charge is -2.18. The second-order valence-electron chi connectivity index (χ2n) is 4.84. The Hall–Kier alpha value is -2.38. The van der Waals surface area contributed by atoms with Gasteiger partial charge in [0.05, 0.1) is 24.8 Å². The molecule has 0 saturated carbocycles. The van der Waals surface area contributed by atoms with E-state index in [2.05, 4.69) is 4.98 Å². The van der Waals surface area contributed by atoms with Crippen molar-refractivity contribution in [2.45, 2.75) is 0 Å². The van der Waals surface area contributed by atoms with Gasteiger partial charge in [0.2, 0.25) is 0 Å². The van der Waals surface area contributed by atoms with Crippen molar-refractivity contribution in [3.8, 4) is 11.5 Å². The third kappa shape index (κ3) is 3.13. The summed E-state index contributed by atoms with van der Waals surface area (Å²) in [4.78, 5) is 18.8. The van der Waals surface area contributed by atoms with Crippen molar-refractivity contribution in [3.05, 3.63) is 53.2 Å². The SMILES string of the molecule is COc1ccc(N2C(=O)C(=Cc3ccncc3)SC2=S)c(OC)c1. The summed E-state index contributed by atoms with van der Waals surface area (Å²) in [5.41, 5.74) is 1.49. The van der Waals surface area contributed by atoms with E-state index in [0.717, 1.165) is 5.56 Å². The fourth-order valence-electron chi connectivity index (χ4n) is 2.26. The average molecular weight is 358 g/mol. The van der Waals surface area contributed by atoms with Crippen LogP contribution in [0, 0.1) is 0 Å². The summed E-state index contributed by atoms with van der Waals surface area (Å²) < 4.78 is 11.0. The molecule has 24 heavy (non-hydrogen) atoms. The van der Waals surface area contributed by atoms with Gasteiger partial charge in [-0.2, -0.15) is 0 Å². The molecule has 1 saturated heterocycles. The van der Waals surface area contributed by atoms with E-state index in [1.807, 2.05) is 12.1 Å². The molecule has 0 N–H and O–H groups in total. The molecule has 122 valence electrons. The number of amides is 1. The van der Waals surface area contributed by atoms with Crippen molar-refractivity contribution in [1.82, 2.24) is 4.98 Å². The van der Waals surface area contributed by atoms with Crippen LogP contribution in [-0.4, -0.2) is 29.4 Å². The van der Waals surface area contributed by atoms with E-state index in [-0.39, 0.29) is 5.91 Å². The molecule has 1 amide bonds. The average Bonchev–Trinajstić information content (AvgIpc) is 2.89. The molecule has 0 bridgehead atoms. The van der Waals surface area contributed by atoms with Crippen molar-refractivity contribution < 1.29 is 14.3 Å². The van der Waals surface area contributed by atoms with Crippen LogP contribution in [-0.2, 0) is 4.79 Å². The van der Waals surface area contributed by atoms with Crippen LogP contribution in [0.15, 0.2) is 47.6 Å². The first-order valence-electron chi connectivity index (χ1n) is 7.04. The zero-order chi connectivity index (χ0) is 17.1. The highest BCUT2D eigenvalue weighted by Gasteiger charge is 2.35. The third-order valence-electron chi connectivity index (χ3n) is 3.43. The van der Waals surface area contributed by atoms with Gasteiger partial charge < -0.3 is 9.47 Å². The summed E-state index contributed by atoms with van der Waals surface area (Å²) in [5.74, 6) is 0.995. The number of rotatable bonds is 4. The van der Waals surface area contributed by atoms with Gasteiger partial charge in [0, 0.05) is 18.5 Å². The fourth-order valence-corrected chi connectivity index (χ4v) is 3.54. The van der Waals surface area contributed by atoms with Crippen LogP contribution in [0.4, 0.5) is 5.69 Å². The van der Waals surface area contributed by atoms with Gasteiger partial charge in [-0.3, -0.25) is 14.7 Å². The number of carbonyl (C=O) groups is 1. The van der Waals surface area contributed by atoms with Crippen LogP contribution in [0.2, 0.25) is 0 Å². The van der Waals surface area contributed by atoms with Crippen molar-refractivity contribution >= 4 is 46.0 Å². The number of anilines is 1. The van der Waals surface area contributed by atoms with Crippen LogP contribution in [0.5, 0.6) is 11.5 Å². The van der Waals surface area contributed by atoms with Crippen molar-refractivity contribution in [1.29, 1.82) is 0 Å². The van der Waals surface area contributed by atoms with Gasteiger partial charge in [-0.05, 0) is 35.9 Å². The molecule has 3 rings (SSSR count). The highest BCUT2D eigenvalue weighted by atomic mass is 32.2. The number of hydrogen-bond donors (Lipinski definition) is 0. The third-order valence-corrected chi connectivity index (χ3v) is 4.73. The van der Waals surface area contributed by atoms with Gasteiger partial charge in [-0.15, -0.1) is 0 Å². The molecule has 7 heteroatoms. The number of pyridine rings is 1. The molecular weight excluding hydrogens is 344 g/mol. The molecule has 1 aromatic heterocycles. The molecule has 1 aromatic carbocycles. The largest absolute Gasteiger partial charge is 0.497 e. The Morgan fingerprint density at radius 3 is 2.58 bits per heavy atom. The van der Waals surface area contributed by atoms with E-state index in [1.165, 1.54) is 16.7 Å². The first kappa shape index (κ1) is 16.5. The van der Waals surface area contributed by atoms with Gasteiger partial charge in [0.1, 0.15) is 11.5 Å². The number of ether oxygens (including phenoxy) is 2. The lowest BCUT2D eigenvalue weighted by molar-refractivity contribution is -0.113. The van der Waals surface area contributed by atoms with E-state index < -0.39 is 0 Å². The van der Waals surface area contributed by atoms with Gasteiger partial charge in [-0.1, -0.05) is 24.0 Å². The van der Waals surface area contributed by atoms with E-state index in [0.29, 0.717) is 26.4 Å². The molecular formula is C17H14N2O3S2. The topological polar surface area (TPSA) is 51.7 Å². The summed E-state index contributed by atoms with van der Waals surface area (Å²) in [6.45, 7) is 0. The van der Waals surface area contributed by atoms with Crippen LogP contribution < -0.4 is 14.4 Å². The number of methoxy groups -OCH3 is 2. The van der Waals surface area contributed by atoms with Gasteiger partial charge >= 0.3 is 0 Å². The summed E-state index contributed by atoms with van der Waals surface area (Å²) in [5, 5.41) is 0. The summed E-state index contributed by atoms with van der Waals surface area (Å²) in [6, 6.07) is 8.92. The maximum Gasteiger partial charge on any atom is 0.270 e. The van der Waals surface area contributed by atoms with Crippen LogP contribution in [0.3, 0.4) is 0 Å². The van der Waals surface area contributed by atoms with E-state index >= 15 is 0 Å². The standard InChI is InChI=1S/C17H14N2O3S2/c1-21-12-3-4-13(14(10-12)22-2)19-16(20)15(24-17(19)23)9-11-5-7-18-8-6-11/h3-10H,1-2H3. The Bertz CT molecular complexity index is 822. The molecule has 0 unspecified atom stereocenters. The Morgan fingerprint density at radius 2 is 1.92 bits per heavy atom. The summed E-state index contributed by atoms with van der Waals surface area (Å²) >= 11 is 6.65. The highest BCUT2D eigenvalue weighted by Crippen LogP contribution is 2.41. The van der Waals surface area contributed by atoms with Crippen molar-refractivity contribution in [3.63, 3.8) is 0 Å². The minimum atomic E-state index is -0.176. The highest BCUT2D eigenvalue weighted by molar-refractivity contribution is 8.27. The number of hydrogen-bond acceptors (Lipinski definition) is 6. The molecule has 2 aromatic rings. The van der Waals surface area contributed by atoms with Crippen molar-refractivity contribution in [2.75, 3.05) is 19.1 Å². The zero-order valence-corrected chi connectivity index (χ0v) is 14.7. The zero-order valence-electron chi connectivity index (χ0n) is 13.1. The fraction of sp³-hybridized carbons (Fsp3) is 0.118. The number of carbonyl (C=O) groups excluding carboxylic acids is 1. The molecule has 2 heterocycles. The van der Waals surface area contributed by atoms with Gasteiger partial charge in [0.25, 0.3) is 5.91 Å². The maximum atomic E-state index is 12.8. The van der Waals surface area contributed by atoms with Crippen molar-refractivity contribution in [2.24, 2.45) is 0 Å². The van der Waals surface area contributed by atoms with Crippen LogP contribution >= 0.6 is 24.0 Å². The Labute approximate surface area is 149 Å². The lowest BCUT2D eigenvalue weighted by atomic mass is 10.2. The number of aromatic nitrogens is 1. The normalized spacial score (nSPS) is 15.9. The van der Waals surface area contributed by atoms with E-state index in [1.54, 1.807) is 50.9 Å². The monoisotopic (exact) mass is 358 g/mol. The molecule has 1 aliphatic rings. The smallest absolute Gasteiger partial charge is 0.270 e. The molecule has 0 radical (unpaired) electrons. The molecule has 5 nitrogen and oxygen atoms in total. The number of nitrogens with zero attached hydrogens (tertiary/aromatic N) is 2. The first-order valence-corrected chi connectivity index (χ1v) is 8.26. The minimum absolute atomic E-state index is 0.176. The molecule has 1 aliphatic heterocycles. The molecule has 0 aliphatic carbocycles. The minimum Gasteiger partial charge on any atom is -0.497 e. The number of benzene rings is 1. The lowest BCUT2D eigenvalue weighted by Crippen LogP contribution is -2.27. The summed E-state index contributed by atoms with van der Waals surface area (Å²) in [7, 11) is 3.12. The maximum absolute atomic E-state index is 12.8. The second-order valence-corrected chi connectivity index (χ2v) is 6.51. The van der Waals surface area contributed by atoms with Crippen LogP contribution in [0.1, 0.15) is 5.56 Å². The molecule has 0 atom stereocenters. The van der Waals surface area contributed by atoms with Crippen LogP contribution in [0.25, 0.3) is 6.08 Å². The predicted molar refractivity (Wildman–Crippen MR) is 99.4 cm³/mol. The number of thiocarbonyl (C=S) groups is 1. The Balaban J connectivity index is 1.97. The summed E-state index contributed by atoms with van der Waals surface area (Å²) in [6.07, 6.45) is 5.16. The predicted octanol–water partition coefficient (Wildman–Crippen LogP) is 3.50. The number of thioether (sulfide) groups is 1.